The van der Waals surface area contributed by atoms with Crippen molar-refractivity contribution in [3.8, 4) is 0 Å². The number of hydrogen-bond acceptors (Lipinski definition) is 2. The summed E-state index contributed by atoms with van der Waals surface area (Å²) in [5.74, 6) is -0.796. The molecule has 1 atom stereocenters. The first kappa shape index (κ1) is 15.6. The minimum atomic E-state index is -0.416. The molecule has 0 fully saturated rings. The minimum Gasteiger partial charge on any atom is -0.313 e. The number of aromatic nitrogens is 2. The van der Waals surface area contributed by atoms with Crippen molar-refractivity contribution in [2.45, 2.75) is 32.7 Å². The van der Waals surface area contributed by atoms with Gasteiger partial charge in [-0.3, -0.25) is 4.68 Å². The molecular weight excluding hydrogens is 272 g/mol. The van der Waals surface area contributed by atoms with E-state index in [1.54, 1.807) is 7.05 Å². The maximum Gasteiger partial charge on any atom is 0.128 e. The molecule has 0 saturated carbocycles. The first-order valence-electron chi connectivity index (χ1n) is 7.05. The third-order valence-corrected chi connectivity index (χ3v) is 4.02. The Bertz CT molecular complexity index is 635. The van der Waals surface area contributed by atoms with Crippen molar-refractivity contribution in [1.82, 2.24) is 15.1 Å². The number of nitrogens with zero attached hydrogens (tertiary/aromatic N) is 2. The molecule has 5 heteroatoms. The highest BCUT2D eigenvalue weighted by Gasteiger charge is 2.17. The number of aryl methyl sites for hydroxylation is 2. The summed E-state index contributed by atoms with van der Waals surface area (Å²) in [6.07, 6.45) is 1.46. The van der Waals surface area contributed by atoms with E-state index in [0.29, 0.717) is 12.0 Å². The Labute approximate surface area is 124 Å². The number of benzene rings is 1. The van der Waals surface area contributed by atoms with Crippen LogP contribution in [0.25, 0.3) is 0 Å². The zero-order chi connectivity index (χ0) is 15.6. The molecule has 1 aromatic heterocycles. The van der Waals surface area contributed by atoms with Gasteiger partial charge in [-0.15, -0.1) is 0 Å². The van der Waals surface area contributed by atoms with Crippen molar-refractivity contribution in [3.63, 3.8) is 0 Å². The Balaban J connectivity index is 2.18. The molecule has 3 nitrogen and oxygen atoms in total. The minimum absolute atomic E-state index is 0.222. The van der Waals surface area contributed by atoms with E-state index in [0.717, 1.165) is 23.9 Å². The maximum atomic E-state index is 13.9. The second-order valence-corrected chi connectivity index (χ2v) is 5.32. The van der Waals surface area contributed by atoms with E-state index in [1.165, 1.54) is 17.7 Å². The molecule has 1 heterocycles. The Morgan fingerprint density at radius 1 is 1.29 bits per heavy atom. The van der Waals surface area contributed by atoms with Gasteiger partial charge in [-0.25, -0.2) is 8.78 Å². The maximum absolute atomic E-state index is 13.9. The summed E-state index contributed by atoms with van der Waals surface area (Å²) in [6, 6.07) is 3.36. The second kappa shape index (κ2) is 6.35. The van der Waals surface area contributed by atoms with Gasteiger partial charge in [-0.05, 0) is 57.5 Å². The molecule has 0 spiro atoms. The topological polar surface area (TPSA) is 29.9 Å². The Kier molecular flexibility index (Phi) is 4.73. The van der Waals surface area contributed by atoms with Crippen molar-refractivity contribution in [1.29, 1.82) is 0 Å². The van der Waals surface area contributed by atoms with Gasteiger partial charge in [0.05, 0.1) is 5.69 Å². The second-order valence-electron chi connectivity index (χ2n) is 5.32. The molecule has 2 aromatic rings. The van der Waals surface area contributed by atoms with Gasteiger partial charge < -0.3 is 5.32 Å². The molecule has 0 aliphatic carbocycles. The Hall–Kier alpha value is -1.75. The summed E-state index contributed by atoms with van der Waals surface area (Å²) >= 11 is 0. The van der Waals surface area contributed by atoms with Gasteiger partial charge in [0, 0.05) is 24.3 Å². The normalized spacial score (nSPS) is 12.7. The van der Waals surface area contributed by atoms with Crippen molar-refractivity contribution in [2.75, 3.05) is 7.05 Å². The zero-order valence-electron chi connectivity index (χ0n) is 12.9. The van der Waals surface area contributed by atoms with Crippen LogP contribution in [0.5, 0.6) is 0 Å². The van der Waals surface area contributed by atoms with Gasteiger partial charge in [-0.1, -0.05) is 0 Å². The van der Waals surface area contributed by atoms with Gasteiger partial charge in [-0.2, -0.15) is 5.10 Å². The van der Waals surface area contributed by atoms with Gasteiger partial charge in [0.15, 0.2) is 0 Å². The van der Waals surface area contributed by atoms with Crippen LogP contribution < -0.4 is 5.32 Å². The van der Waals surface area contributed by atoms with Crippen molar-refractivity contribution >= 4 is 0 Å². The largest absolute Gasteiger partial charge is 0.313 e. The van der Waals surface area contributed by atoms with Crippen LogP contribution in [0.1, 0.15) is 35.0 Å². The lowest BCUT2D eigenvalue weighted by atomic mass is 9.97. The summed E-state index contributed by atoms with van der Waals surface area (Å²) in [7, 11) is 3.67. The quantitative estimate of drug-likeness (QED) is 0.917. The third-order valence-electron chi connectivity index (χ3n) is 4.02. The molecule has 1 unspecified atom stereocenters. The van der Waals surface area contributed by atoms with Crippen molar-refractivity contribution in [2.24, 2.45) is 7.05 Å². The summed E-state index contributed by atoms with van der Waals surface area (Å²) in [4.78, 5) is 0. The molecule has 0 aliphatic rings. The summed E-state index contributed by atoms with van der Waals surface area (Å²) in [5.41, 5.74) is 3.65. The lowest BCUT2D eigenvalue weighted by Crippen LogP contribution is -2.19. The summed E-state index contributed by atoms with van der Waals surface area (Å²) < 4.78 is 29.1. The van der Waals surface area contributed by atoms with Crippen molar-refractivity contribution < 1.29 is 8.78 Å². The molecule has 114 valence electrons. The van der Waals surface area contributed by atoms with Gasteiger partial charge in [0.1, 0.15) is 11.6 Å². The first-order chi connectivity index (χ1) is 9.93. The van der Waals surface area contributed by atoms with Crippen LogP contribution in [0.3, 0.4) is 0 Å². The lowest BCUT2D eigenvalue weighted by molar-refractivity contribution is 0.500. The Morgan fingerprint density at radius 2 is 2.00 bits per heavy atom. The highest BCUT2D eigenvalue weighted by molar-refractivity contribution is 5.26. The SMILES string of the molecule is CNC(CCc1c(C)nn(C)c1C)c1cc(F)ccc1F. The van der Waals surface area contributed by atoms with Crippen LogP contribution >= 0.6 is 0 Å². The van der Waals surface area contributed by atoms with E-state index in [4.69, 9.17) is 0 Å². The van der Waals surface area contributed by atoms with E-state index in [9.17, 15) is 8.78 Å². The van der Waals surface area contributed by atoms with Crippen LogP contribution in [0.15, 0.2) is 18.2 Å². The highest BCUT2D eigenvalue weighted by atomic mass is 19.1. The van der Waals surface area contributed by atoms with Gasteiger partial charge in [0.2, 0.25) is 0 Å². The molecular formula is C16H21F2N3. The average molecular weight is 293 g/mol. The molecule has 1 aromatic carbocycles. The molecule has 0 radical (unpaired) electrons. The first-order valence-corrected chi connectivity index (χ1v) is 7.05. The van der Waals surface area contributed by atoms with E-state index in [2.05, 4.69) is 10.4 Å². The van der Waals surface area contributed by atoms with Crippen LogP contribution in [0.2, 0.25) is 0 Å². The number of halogens is 2. The van der Waals surface area contributed by atoms with Crippen molar-refractivity contribution in [3.05, 3.63) is 52.3 Å². The van der Waals surface area contributed by atoms with Crippen LogP contribution in [0.4, 0.5) is 8.78 Å². The van der Waals surface area contributed by atoms with Crippen LogP contribution in [0, 0.1) is 25.5 Å². The van der Waals surface area contributed by atoms with Gasteiger partial charge >= 0.3 is 0 Å². The fourth-order valence-corrected chi connectivity index (χ4v) is 2.70. The third kappa shape index (κ3) is 3.29. The molecule has 1 N–H and O–H groups in total. The van der Waals surface area contributed by atoms with E-state index >= 15 is 0 Å². The monoisotopic (exact) mass is 293 g/mol. The average Bonchev–Trinajstić information content (AvgIpc) is 2.69. The summed E-state index contributed by atoms with van der Waals surface area (Å²) in [5, 5.41) is 7.45. The fraction of sp³-hybridized carbons (Fsp3) is 0.438. The van der Waals surface area contributed by atoms with E-state index in [-0.39, 0.29) is 11.9 Å². The highest BCUT2D eigenvalue weighted by Crippen LogP contribution is 2.24. The molecule has 0 bridgehead atoms. The standard InChI is InChI=1S/C16H21F2N3/c1-10-13(11(2)21(4)20-10)6-8-16(19-3)14-9-12(17)5-7-15(14)18/h5,7,9,16,19H,6,8H2,1-4H3. The van der Waals surface area contributed by atoms with Crippen LogP contribution in [-0.2, 0) is 13.5 Å². The van der Waals surface area contributed by atoms with Gasteiger partial charge in [0.25, 0.3) is 0 Å². The fourth-order valence-electron chi connectivity index (χ4n) is 2.70. The zero-order valence-corrected chi connectivity index (χ0v) is 12.9. The predicted octanol–water partition coefficient (Wildman–Crippen LogP) is 3.21. The molecule has 0 aliphatic heterocycles. The molecule has 0 saturated heterocycles. The molecule has 0 amide bonds. The molecule has 2 rings (SSSR count). The number of nitrogens with one attached hydrogen (secondary N) is 1. The molecule has 21 heavy (non-hydrogen) atoms. The number of rotatable bonds is 5. The number of hydrogen-bond donors (Lipinski definition) is 1. The predicted molar refractivity (Wildman–Crippen MR) is 79.2 cm³/mol. The smallest absolute Gasteiger partial charge is 0.128 e. The van der Waals surface area contributed by atoms with E-state index < -0.39 is 5.82 Å². The Morgan fingerprint density at radius 3 is 2.57 bits per heavy atom. The van der Waals surface area contributed by atoms with Crippen LogP contribution in [-0.4, -0.2) is 16.8 Å². The summed E-state index contributed by atoms with van der Waals surface area (Å²) in [6.45, 7) is 3.99. The lowest BCUT2D eigenvalue weighted by Gasteiger charge is -2.17. The van der Waals surface area contributed by atoms with E-state index in [1.807, 2.05) is 25.6 Å².